The van der Waals surface area contributed by atoms with E-state index in [2.05, 4.69) is 10.5 Å². The van der Waals surface area contributed by atoms with Gasteiger partial charge in [0.2, 0.25) is 0 Å². The van der Waals surface area contributed by atoms with Crippen LogP contribution in [0.5, 0.6) is 0 Å². The molecular weight excluding hydrogens is 240 g/mol. The minimum Gasteiger partial charge on any atom is -0.478 e. The van der Waals surface area contributed by atoms with Crippen LogP contribution >= 0.6 is 0 Å². The molecule has 0 amide bonds. The minimum absolute atomic E-state index is 0.0802. The largest absolute Gasteiger partial charge is 0.478 e. The molecule has 0 saturated carbocycles. The van der Waals surface area contributed by atoms with E-state index < -0.39 is 5.97 Å². The summed E-state index contributed by atoms with van der Waals surface area (Å²) in [6, 6.07) is 0. The molecule has 1 unspecified atom stereocenters. The van der Waals surface area contributed by atoms with Crippen molar-refractivity contribution in [3.05, 3.63) is 17.5 Å². The van der Waals surface area contributed by atoms with Crippen LogP contribution in [-0.4, -0.2) is 48.7 Å². The molecule has 1 fully saturated rings. The molecule has 1 aliphatic heterocycles. The first-order valence-corrected chi connectivity index (χ1v) is 5.67. The van der Waals surface area contributed by atoms with E-state index in [1.54, 1.807) is 7.11 Å². The summed E-state index contributed by atoms with van der Waals surface area (Å²) in [6.07, 6.45) is 2.02. The Kier molecular flexibility index (Phi) is 3.95. The van der Waals surface area contributed by atoms with Crippen LogP contribution in [0.3, 0.4) is 0 Å². The lowest BCUT2D eigenvalue weighted by Crippen LogP contribution is -2.42. The Morgan fingerprint density at radius 1 is 1.72 bits per heavy atom. The summed E-state index contributed by atoms with van der Waals surface area (Å²) in [5.41, 5.74) is -0.250. The zero-order valence-electron chi connectivity index (χ0n) is 10.1. The molecule has 0 aliphatic carbocycles. The van der Waals surface area contributed by atoms with E-state index in [0.717, 1.165) is 6.42 Å². The van der Waals surface area contributed by atoms with Crippen molar-refractivity contribution in [3.63, 3.8) is 0 Å². The highest BCUT2D eigenvalue weighted by Crippen LogP contribution is 2.21. The van der Waals surface area contributed by atoms with Crippen LogP contribution in [0.1, 0.15) is 22.5 Å². The van der Waals surface area contributed by atoms with Crippen LogP contribution in [0.15, 0.2) is 10.7 Å². The van der Waals surface area contributed by atoms with Crippen molar-refractivity contribution >= 4 is 5.97 Å². The van der Waals surface area contributed by atoms with Crippen molar-refractivity contribution in [2.45, 2.75) is 18.6 Å². The molecule has 2 N–H and O–H groups in total. The van der Waals surface area contributed by atoms with Crippen LogP contribution in [-0.2, 0) is 16.0 Å². The van der Waals surface area contributed by atoms with Gasteiger partial charge in [0.1, 0.15) is 11.2 Å². The van der Waals surface area contributed by atoms with Gasteiger partial charge in [-0.25, -0.2) is 4.79 Å². The fraction of sp³-hybridized carbons (Fsp3) is 0.636. The molecule has 1 aromatic rings. The van der Waals surface area contributed by atoms with E-state index in [1.165, 1.54) is 6.20 Å². The average molecular weight is 256 g/mol. The fourth-order valence-electron chi connectivity index (χ4n) is 1.93. The number of hydrogen-bond acceptors (Lipinski definition) is 6. The lowest BCUT2D eigenvalue weighted by Gasteiger charge is -2.25. The van der Waals surface area contributed by atoms with Gasteiger partial charge in [0, 0.05) is 26.7 Å². The average Bonchev–Trinajstić information content (AvgIpc) is 2.98. The zero-order valence-corrected chi connectivity index (χ0v) is 10.1. The smallest absolute Gasteiger partial charge is 0.341 e. The maximum atomic E-state index is 10.8. The van der Waals surface area contributed by atoms with Crippen molar-refractivity contribution in [2.75, 3.05) is 26.9 Å². The van der Waals surface area contributed by atoms with Crippen LogP contribution in [0.2, 0.25) is 0 Å². The normalized spacial score (nSPS) is 23.4. The number of rotatable bonds is 6. The second kappa shape index (κ2) is 5.47. The molecule has 7 heteroatoms. The number of aromatic nitrogens is 1. The number of carboxylic acids is 1. The third kappa shape index (κ3) is 2.69. The molecule has 7 nitrogen and oxygen atoms in total. The molecule has 1 aromatic heterocycles. The van der Waals surface area contributed by atoms with Crippen LogP contribution in [0.4, 0.5) is 0 Å². The first-order valence-electron chi connectivity index (χ1n) is 5.67. The van der Waals surface area contributed by atoms with Gasteiger partial charge >= 0.3 is 5.97 Å². The number of aromatic carboxylic acids is 1. The molecule has 0 bridgehead atoms. The summed E-state index contributed by atoms with van der Waals surface area (Å²) in [5.74, 6) is -0.730. The molecule has 2 heterocycles. The molecule has 1 saturated heterocycles. The van der Waals surface area contributed by atoms with E-state index in [1.807, 2.05) is 0 Å². The number of nitrogens with zero attached hydrogens (tertiary/aromatic N) is 1. The lowest BCUT2D eigenvalue weighted by molar-refractivity contribution is -0.0162. The number of carboxylic acid groups (broad SMARTS) is 1. The van der Waals surface area contributed by atoms with Gasteiger partial charge in [0.15, 0.2) is 5.76 Å². The van der Waals surface area contributed by atoms with Gasteiger partial charge in [-0.2, -0.15) is 0 Å². The molecule has 2 rings (SSSR count). The van der Waals surface area contributed by atoms with Crippen molar-refractivity contribution < 1.29 is 23.9 Å². The van der Waals surface area contributed by atoms with E-state index in [-0.39, 0.29) is 11.2 Å². The van der Waals surface area contributed by atoms with Gasteiger partial charge in [-0.15, -0.1) is 0 Å². The molecule has 100 valence electrons. The Morgan fingerprint density at radius 2 is 2.56 bits per heavy atom. The highest BCUT2D eigenvalue weighted by atomic mass is 16.5. The number of methoxy groups -OCH3 is 1. The number of ether oxygens (including phenoxy) is 2. The third-order valence-corrected chi connectivity index (χ3v) is 3.11. The summed E-state index contributed by atoms with van der Waals surface area (Å²) in [7, 11) is 1.65. The predicted molar refractivity (Wildman–Crippen MR) is 60.3 cm³/mol. The SMILES string of the molecule is COC1(CNCc2oncc2C(=O)O)CCOC1. The van der Waals surface area contributed by atoms with Crippen molar-refractivity contribution in [3.8, 4) is 0 Å². The molecule has 1 aliphatic rings. The Balaban J connectivity index is 1.88. The Morgan fingerprint density at radius 3 is 3.17 bits per heavy atom. The highest BCUT2D eigenvalue weighted by Gasteiger charge is 2.34. The summed E-state index contributed by atoms with van der Waals surface area (Å²) in [6.45, 7) is 2.09. The Bertz CT molecular complexity index is 411. The van der Waals surface area contributed by atoms with E-state index in [0.29, 0.717) is 32.1 Å². The fourth-order valence-corrected chi connectivity index (χ4v) is 1.93. The van der Waals surface area contributed by atoms with Crippen molar-refractivity contribution in [2.24, 2.45) is 0 Å². The third-order valence-electron chi connectivity index (χ3n) is 3.11. The number of hydrogen-bond donors (Lipinski definition) is 2. The minimum atomic E-state index is -1.04. The Labute approximate surface area is 104 Å². The summed E-state index contributed by atoms with van der Waals surface area (Å²) in [5, 5.41) is 15.5. The molecule has 0 radical (unpaired) electrons. The zero-order chi connectivity index (χ0) is 13.0. The van der Waals surface area contributed by atoms with Crippen LogP contribution in [0.25, 0.3) is 0 Å². The second-order valence-electron chi connectivity index (χ2n) is 4.26. The number of carbonyl (C=O) groups is 1. The first-order chi connectivity index (χ1) is 8.67. The van der Waals surface area contributed by atoms with Gasteiger partial charge in [-0.05, 0) is 0 Å². The molecule has 1 atom stereocenters. The molecule has 18 heavy (non-hydrogen) atoms. The predicted octanol–water partition coefficient (Wildman–Crippen LogP) is 0.268. The molecular formula is C11H16N2O5. The van der Waals surface area contributed by atoms with Gasteiger partial charge in [0.25, 0.3) is 0 Å². The quantitative estimate of drug-likeness (QED) is 0.754. The van der Waals surface area contributed by atoms with E-state index >= 15 is 0 Å². The van der Waals surface area contributed by atoms with E-state index in [9.17, 15) is 4.79 Å². The summed E-state index contributed by atoms with van der Waals surface area (Å²) in [4.78, 5) is 10.8. The highest BCUT2D eigenvalue weighted by molar-refractivity contribution is 5.88. The van der Waals surface area contributed by atoms with E-state index in [4.69, 9.17) is 19.1 Å². The van der Waals surface area contributed by atoms with Crippen molar-refractivity contribution in [1.29, 1.82) is 0 Å². The van der Waals surface area contributed by atoms with Gasteiger partial charge < -0.3 is 24.4 Å². The molecule has 0 aromatic carbocycles. The first kappa shape index (κ1) is 13.0. The summed E-state index contributed by atoms with van der Waals surface area (Å²) >= 11 is 0. The second-order valence-corrected chi connectivity index (χ2v) is 4.26. The maximum absolute atomic E-state index is 10.8. The van der Waals surface area contributed by atoms with Crippen LogP contribution in [0, 0.1) is 0 Å². The van der Waals surface area contributed by atoms with Crippen molar-refractivity contribution in [1.82, 2.24) is 10.5 Å². The summed E-state index contributed by atoms with van der Waals surface area (Å²) < 4.78 is 15.6. The Hall–Kier alpha value is -1.44. The topological polar surface area (TPSA) is 93.8 Å². The van der Waals surface area contributed by atoms with Gasteiger partial charge in [0.05, 0.1) is 19.3 Å². The maximum Gasteiger partial charge on any atom is 0.341 e. The van der Waals surface area contributed by atoms with Crippen LogP contribution < -0.4 is 5.32 Å². The van der Waals surface area contributed by atoms with Gasteiger partial charge in [-0.3, -0.25) is 0 Å². The monoisotopic (exact) mass is 256 g/mol. The lowest BCUT2D eigenvalue weighted by atomic mass is 10.0. The number of nitrogens with one attached hydrogen (secondary N) is 1. The van der Waals surface area contributed by atoms with Gasteiger partial charge in [-0.1, -0.05) is 5.16 Å². The molecule has 0 spiro atoms. The standard InChI is InChI=1S/C11H16N2O5/c1-16-11(2-3-17-7-11)6-12-5-9-8(10(14)15)4-13-18-9/h4,12H,2-3,5-7H2,1H3,(H,14,15).